The highest BCUT2D eigenvalue weighted by atomic mass is 16.5. The second kappa shape index (κ2) is 9.18. The summed E-state index contributed by atoms with van der Waals surface area (Å²) in [6, 6.07) is 51.0. The van der Waals surface area contributed by atoms with Crippen LogP contribution in [0.3, 0.4) is 0 Å². The number of furan rings is 1. The van der Waals surface area contributed by atoms with Crippen LogP contribution in [0.25, 0.3) is 71.7 Å². The van der Waals surface area contributed by atoms with Crippen LogP contribution in [0.4, 0.5) is 0 Å². The summed E-state index contributed by atoms with van der Waals surface area (Å²) in [6.45, 7) is -0.314. The molecular formula is C42H24BNO3. The van der Waals surface area contributed by atoms with Gasteiger partial charge in [0, 0.05) is 43.7 Å². The van der Waals surface area contributed by atoms with Gasteiger partial charge in [-0.2, -0.15) is 0 Å². The molecule has 0 bridgehead atoms. The molecule has 0 saturated carbocycles. The maximum Gasteiger partial charge on any atom is 0.434 e. The molecule has 0 spiro atoms. The van der Waals surface area contributed by atoms with Crippen molar-refractivity contribution in [1.29, 1.82) is 0 Å². The van der Waals surface area contributed by atoms with E-state index in [4.69, 9.17) is 13.8 Å². The van der Waals surface area contributed by atoms with Gasteiger partial charge in [0.05, 0.1) is 11.0 Å². The van der Waals surface area contributed by atoms with Gasteiger partial charge >= 0.3 is 6.92 Å². The summed E-state index contributed by atoms with van der Waals surface area (Å²) < 4.78 is 22.3. The molecule has 9 aromatic rings. The van der Waals surface area contributed by atoms with E-state index in [2.05, 4.69) is 126 Å². The Labute approximate surface area is 270 Å². The Morgan fingerprint density at radius 3 is 2.04 bits per heavy atom. The molecule has 4 heterocycles. The van der Waals surface area contributed by atoms with Gasteiger partial charge in [0.25, 0.3) is 0 Å². The van der Waals surface area contributed by atoms with Gasteiger partial charge in [0.2, 0.25) is 0 Å². The van der Waals surface area contributed by atoms with Crippen molar-refractivity contribution in [3.63, 3.8) is 0 Å². The summed E-state index contributed by atoms with van der Waals surface area (Å²) in [4.78, 5) is 0. The molecule has 0 N–H and O–H groups in total. The number of nitrogens with zero attached hydrogens (tertiary/aromatic N) is 1. The largest absolute Gasteiger partial charge is 0.551 e. The topological polar surface area (TPSA) is 36.5 Å². The first kappa shape index (κ1) is 25.0. The fourth-order valence-electron chi connectivity index (χ4n) is 7.86. The molecule has 0 fully saturated rings. The average molecular weight is 601 g/mol. The molecule has 0 amide bonds. The third kappa shape index (κ3) is 3.43. The summed E-state index contributed by atoms with van der Waals surface area (Å²) >= 11 is 0. The minimum Gasteiger partial charge on any atom is -0.551 e. The highest BCUT2D eigenvalue weighted by molar-refractivity contribution is 6.84. The van der Waals surface area contributed by atoms with Crippen molar-refractivity contribution >= 4 is 61.6 Å². The number of aromatic nitrogens is 1. The zero-order valence-electron chi connectivity index (χ0n) is 25.1. The van der Waals surface area contributed by atoms with Gasteiger partial charge in [-0.1, -0.05) is 84.9 Å². The molecule has 47 heavy (non-hydrogen) atoms. The maximum absolute atomic E-state index is 6.87. The Hall–Kier alpha value is -6.20. The van der Waals surface area contributed by atoms with E-state index < -0.39 is 0 Å². The molecule has 0 radical (unpaired) electrons. The Morgan fingerprint density at radius 1 is 0.489 bits per heavy atom. The van der Waals surface area contributed by atoms with Gasteiger partial charge in [0.15, 0.2) is 0 Å². The van der Waals surface area contributed by atoms with Crippen LogP contribution in [0.1, 0.15) is 0 Å². The van der Waals surface area contributed by atoms with E-state index in [9.17, 15) is 0 Å². The third-order valence-corrected chi connectivity index (χ3v) is 9.87. The van der Waals surface area contributed by atoms with E-state index in [1.165, 1.54) is 21.8 Å². The number of rotatable bonds is 2. The lowest BCUT2D eigenvalue weighted by atomic mass is 9.50. The zero-order chi connectivity index (χ0) is 30.6. The lowest BCUT2D eigenvalue weighted by Crippen LogP contribution is -2.53. The van der Waals surface area contributed by atoms with E-state index in [-0.39, 0.29) is 6.92 Å². The van der Waals surface area contributed by atoms with Gasteiger partial charge in [-0.3, -0.25) is 0 Å². The Balaban J connectivity index is 1.14. The molecule has 2 aromatic heterocycles. The molecule has 218 valence electrons. The van der Waals surface area contributed by atoms with Gasteiger partial charge in [0.1, 0.15) is 28.4 Å². The Bertz CT molecular complexity index is 2720. The SMILES string of the molecule is c1ccc2c(c1)OB1c3cc(-n4c5ccccc5c5ccccc54)ccc3Oc3cc(-c4cccc5oc6ccccc6c45)cc-2c31. The number of para-hydroxylation sites is 4. The number of fused-ring (bicyclic) bond motifs is 10. The van der Waals surface area contributed by atoms with Crippen molar-refractivity contribution in [3.05, 3.63) is 146 Å². The first-order valence-corrected chi connectivity index (χ1v) is 16.0. The second-order valence-electron chi connectivity index (χ2n) is 12.4. The predicted octanol–water partition coefficient (Wildman–Crippen LogP) is 9.62. The molecule has 5 heteroatoms. The summed E-state index contributed by atoms with van der Waals surface area (Å²) in [5.74, 6) is 2.50. The lowest BCUT2D eigenvalue weighted by molar-refractivity contribution is 0.479. The predicted molar refractivity (Wildman–Crippen MR) is 191 cm³/mol. The Morgan fingerprint density at radius 2 is 1.19 bits per heavy atom. The first-order chi connectivity index (χ1) is 23.3. The fraction of sp³-hybridized carbons (Fsp3) is 0. The Kier molecular flexibility index (Phi) is 4.89. The summed E-state index contributed by atoms with van der Waals surface area (Å²) in [5, 5.41) is 4.69. The van der Waals surface area contributed by atoms with Crippen LogP contribution in [-0.4, -0.2) is 11.5 Å². The van der Waals surface area contributed by atoms with Gasteiger partial charge in [-0.25, -0.2) is 0 Å². The molecule has 4 nitrogen and oxygen atoms in total. The highest BCUT2D eigenvalue weighted by Crippen LogP contribution is 2.44. The molecule has 0 aliphatic carbocycles. The third-order valence-electron chi connectivity index (χ3n) is 9.87. The minimum absolute atomic E-state index is 0.314. The minimum atomic E-state index is -0.314. The van der Waals surface area contributed by atoms with Crippen molar-refractivity contribution in [1.82, 2.24) is 4.57 Å². The fourth-order valence-corrected chi connectivity index (χ4v) is 7.86. The standard InChI is InChI=1S/C42H24BNO3/c1-5-15-34-28(10-1)29-11-2-6-16-35(29)44(34)26-20-21-38-33(24-26)43-42-32(30-12-3-8-18-37(30)47-43)22-25(23-40(42)46-38)27-14-9-19-39-41(27)31-13-4-7-17-36(31)45-39/h1-24H. The van der Waals surface area contributed by atoms with E-state index in [1.807, 2.05) is 24.3 Å². The highest BCUT2D eigenvalue weighted by Gasteiger charge is 2.41. The number of hydrogen-bond acceptors (Lipinski definition) is 3. The quantitative estimate of drug-likeness (QED) is 0.185. The van der Waals surface area contributed by atoms with Gasteiger partial charge in [-0.05, 0) is 77.4 Å². The van der Waals surface area contributed by atoms with E-state index in [1.54, 1.807) is 0 Å². The summed E-state index contributed by atoms with van der Waals surface area (Å²) in [7, 11) is 0. The van der Waals surface area contributed by atoms with Crippen LogP contribution in [0.15, 0.2) is 150 Å². The van der Waals surface area contributed by atoms with Gasteiger partial charge < -0.3 is 18.4 Å². The average Bonchev–Trinajstić information content (AvgIpc) is 3.67. The first-order valence-electron chi connectivity index (χ1n) is 16.0. The van der Waals surface area contributed by atoms with E-state index in [0.717, 1.165) is 78.1 Å². The molecular weight excluding hydrogens is 577 g/mol. The monoisotopic (exact) mass is 601 g/mol. The van der Waals surface area contributed by atoms with Crippen LogP contribution < -0.4 is 20.3 Å². The summed E-state index contributed by atoms with van der Waals surface area (Å²) in [6.07, 6.45) is 0. The van der Waals surface area contributed by atoms with Crippen LogP contribution in [-0.2, 0) is 0 Å². The van der Waals surface area contributed by atoms with Gasteiger partial charge in [-0.15, -0.1) is 0 Å². The van der Waals surface area contributed by atoms with Crippen LogP contribution in [0.2, 0.25) is 0 Å². The second-order valence-corrected chi connectivity index (χ2v) is 12.4. The van der Waals surface area contributed by atoms with E-state index in [0.29, 0.717) is 0 Å². The smallest absolute Gasteiger partial charge is 0.434 e. The molecule has 11 rings (SSSR count). The molecule has 0 saturated heterocycles. The van der Waals surface area contributed by atoms with Crippen molar-refractivity contribution in [2.24, 2.45) is 0 Å². The van der Waals surface area contributed by atoms with Crippen molar-refractivity contribution < 1.29 is 13.8 Å². The number of benzene rings is 7. The molecule has 7 aromatic carbocycles. The van der Waals surface area contributed by atoms with Crippen LogP contribution >= 0.6 is 0 Å². The van der Waals surface area contributed by atoms with Crippen LogP contribution in [0.5, 0.6) is 17.2 Å². The molecule has 0 atom stereocenters. The number of ether oxygens (including phenoxy) is 1. The number of hydrogen-bond donors (Lipinski definition) is 0. The molecule has 2 aliphatic heterocycles. The maximum atomic E-state index is 6.87. The van der Waals surface area contributed by atoms with Crippen molar-refractivity contribution in [2.75, 3.05) is 0 Å². The van der Waals surface area contributed by atoms with Crippen LogP contribution in [0, 0.1) is 0 Å². The van der Waals surface area contributed by atoms with E-state index >= 15 is 0 Å². The normalized spacial score (nSPS) is 13.0. The van der Waals surface area contributed by atoms with Crippen molar-refractivity contribution in [2.45, 2.75) is 0 Å². The summed E-state index contributed by atoms with van der Waals surface area (Å²) in [5.41, 5.74) is 11.6. The molecule has 2 aliphatic rings. The molecule has 0 unspecified atom stereocenters. The van der Waals surface area contributed by atoms with Crippen molar-refractivity contribution in [3.8, 4) is 45.2 Å². The zero-order valence-corrected chi connectivity index (χ0v) is 25.1. The lowest BCUT2D eigenvalue weighted by Gasteiger charge is -2.33.